The lowest BCUT2D eigenvalue weighted by atomic mass is 9.94. The highest BCUT2D eigenvalue weighted by atomic mass is 16.5. The van der Waals surface area contributed by atoms with Crippen LogP contribution >= 0.6 is 0 Å². The molecule has 0 aromatic heterocycles. The van der Waals surface area contributed by atoms with E-state index in [1.807, 2.05) is 0 Å². The Hall–Kier alpha value is -0.530. The van der Waals surface area contributed by atoms with Crippen LogP contribution in [0.25, 0.3) is 0 Å². The Morgan fingerprint density at radius 1 is 0.773 bits per heavy atom. The first-order chi connectivity index (χ1) is 10.6. The van der Waals surface area contributed by atoms with E-state index in [1.54, 1.807) is 0 Å². The zero-order valence-corrected chi connectivity index (χ0v) is 15.7. The summed E-state index contributed by atoms with van der Waals surface area (Å²) in [7, 11) is 0. The third-order valence-electron chi connectivity index (χ3n) is 4.20. The van der Waals surface area contributed by atoms with Crippen LogP contribution in [-0.4, -0.2) is 12.6 Å². The van der Waals surface area contributed by atoms with Crippen molar-refractivity contribution < 1.29 is 9.53 Å². The third-order valence-corrected chi connectivity index (χ3v) is 4.20. The van der Waals surface area contributed by atoms with Crippen LogP contribution in [0.4, 0.5) is 0 Å². The van der Waals surface area contributed by atoms with Gasteiger partial charge in [-0.2, -0.15) is 0 Å². The summed E-state index contributed by atoms with van der Waals surface area (Å²) in [5.41, 5.74) is 0. The Kier molecular flexibility index (Phi) is 15.0. The first kappa shape index (κ1) is 21.5. The first-order valence-corrected chi connectivity index (χ1v) is 9.78. The summed E-state index contributed by atoms with van der Waals surface area (Å²) < 4.78 is 5.48. The normalized spacial score (nSPS) is 11.4. The summed E-state index contributed by atoms with van der Waals surface area (Å²) in [5, 5.41) is 0. The van der Waals surface area contributed by atoms with Crippen LogP contribution in [0.3, 0.4) is 0 Å². The number of ether oxygens (including phenoxy) is 1. The van der Waals surface area contributed by atoms with Crippen molar-refractivity contribution >= 4 is 5.97 Å². The lowest BCUT2D eigenvalue weighted by Gasteiger charge is -2.17. The molecule has 2 heteroatoms. The standard InChI is InChI=1S/C20H40O2/c1-5-7-9-11-13-15-19(16-14-12-10-8-6-2)20(21)22-17-18(3)4/h18-19H,5-17H2,1-4H3. The Bertz CT molecular complexity index is 234. The van der Waals surface area contributed by atoms with Gasteiger partial charge in [0.15, 0.2) is 0 Å². The number of rotatable bonds is 15. The second-order valence-electron chi connectivity index (χ2n) is 7.13. The molecule has 132 valence electrons. The van der Waals surface area contributed by atoms with E-state index in [-0.39, 0.29) is 11.9 Å². The highest BCUT2D eigenvalue weighted by Crippen LogP contribution is 2.20. The minimum Gasteiger partial charge on any atom is -0.465 e. The predicted octanol–water partition coefficient (Wildman–Crippen LogP) is 6.52. The van der Waals surface area contributed by atoms with Gasteiger partial charge >= 0.3 is 5.97 Å². The van der Waals surface area contributed by atoms with Crippen LogP contribution in [0.2, 0.25) is 0 Å². The van der Waals surface area contributed by atoms with Crippen LogP contribution in [-0.2, 0) is 9.53 Å². The molecular weight excluding hydrogens is 272 g/mol. The molecule has 0 amide bonds. The van der Waals surface area contributed by atoms with Gasteiger partial charge in [-0.25, -0.2) is 0 Å². The highest BCUT2D eigenvalue weighted by molar-refractivity contribution is 5.72. The van der Waals surface area contributed by atoms with Crippen molar-refractivity contribution in [1.29, 1.82) is 0 Å². The minimum absolute atomic E-state index is 0.0553. The maximum atomic E-state index is 12.3. The van der Waals surface area contributed by atoms with E-state index < -0.39 is 0 Å². The van der Waals surface area contributed by atoms with Crippen molar-refractivity contribution in [2.45, 2.75) is 105 Å². The van der Waals surface area contributed by atoms with Gasteiger partial charge in [-0.3, -0.25) is 4.79 Å². The largest absolute Gasteiger partial charge is 0.465 e. The Balaban J connectivity index is 4.03. The number of esters is 1. The number of hydrogen-bond donors (Lipinski definition) is 0. The van der Waals surface area contributed by atoms with Gasteiger partial charge in [-0.05, 0) is 18.8 Å². The smallest absolute Gasteiger partial charge is 0.308 e. The van der Waals surface area contributed by atoms with E-state index in [2.05, 4.69) is 27.7 Å². The molecule has 0 unspecified atom stereocenters. The van der Waals surface area contributed by atoms with E-state index >= 15 is 0 Å². The second kappa shape index (κ2) is 15.4. The van der Waals surface area contributed by atoms with Gasteiger partial charge in [-0.1, -0.05) is 91.9 Å². The lowest BCUT2D eigenvalue weighted by molar-refractivity contribution is -0.150. The van der Waals surface area contributed by atoms with Crippen molar-refractivity contribution in [2.24, 2.45) is 11.8 Å². The van der Waals surface area contributed by atoms with Gasteiger partial charge in [0.2, 0.25) is 0 Å². The van der Waals surface area contributed by atoms with Gasteiger partial charge in [-0.15, -0.1) is 0 Å². The van der Waals surface area contributed by atoms with Gasteiger partial charge in [0.25, 0.3) is 0 Å². The van der Waals surface area contributed by atoms with E-state index in [0.717, 1.165) is 12.8 Å². The van der Waals surface area contributed by atoms with Crippen LogP contribution in [0.1, 0.15) is 105 Å². The van der Waals surface area contributed by atoms with Crippen molar-refractivity contribution in [3.05, 3.63) is 0 Å². The van der Waals surface area contributed by atoms with E-state index in [1.165, 1.54) is 64.2 Å². The molecule has 0 N–H and O–H groups in total. The predicted molar refractivity (Wildman–Crippen MR) is 96.0 cm³/mol. The fourth-order valence-corrected chi connectivity index (χ4v) is 2.74. The Morgan fingerprint density at radius 3 is 1.64 bits per heavy atom. The molecule has 0 atom stereocenters. The van der Waals surface area contributed by atoms with Crippen molar-refractivity contribution in [3.8, 4) is 0 Å². The maximum Gasteiger partial charge on any atom is 0.308 e. The number of carbonyl (C=O) groups is 1. The Morgan fingerprint density at radius 2 is 1.23 bits per heavy atom. The minimum atomic E-state index is 0.0553. The molecular formula is C20H40O2. The summed E-state index contributed by atoms with van der Waals surface area (Å²) in [6.07, 6.45) is 14.7. The molecule has 0 aliphatic rings. The van der Waals surface area contributed by atoms with E-state index in [9.17, 15) is 4.79 Å². The summed E-state index contributed by atoms with van der Waals surface area (Å²) in [6.45, 7) is 9.24. The molecule has 0 saturated carbocycles. The second-order valence-corrected chi connectivity index (χ2v) is 7.13. The van der Waals surface area contributed by atoms with Crippen LogP contribution in [0.15, 0.2) is 0 Å². The fraction of sp³-hybridized carbons (Fsp3) is 0.950. The topological polar surface area (TPSA) is 26.3 Å². The van der Waals surface area contributed by atoms with Crippen molar-refractivity contribution in [1.82, 2.24) is 0 Å². The summed E-state index contributed by atoms with van der Waals surface area (Å²) >= 11 is 0. The monoisotopic (exact) mass is 312 g/mol. The maximum absolute atomic E-state index is 12.3. The number of hydrogen-bond acceptors (Lipinski definition) is 2. The molecule has 0 spiro atoms. The molecule has 22 heavy (non-hydrogen) atoms. The molecule has 0 aromatic carbocycles. The van der Waals surface area contributed by atoms with Crippen LogP contribution < -0.4 is 0 Å². The third kappa shape index (κ3) is 13.2. The van der Waals surface area contributed by atoms with Gasteiger partial charge in [0, 0.05) is 0 Å². The van der Waals surface area contributed by atoms with Crippen molar-refractivity contribution in [3.63, 3.8) is 0 Å². The van der Waals surface area contributed by atoms with E-state index in [4.69, 9.17) is 4.74 Å². The first-order valence-electron chi connectivity index (χ1n) is 9.78. The molecule has 0 bridgehead atoms. The molecule has 0 aliphatic carbocycles. The van der Waals surface area contributed by atoms with Crippen LogP contribution in [0, 0.1) is 11.8 Å². The number of unbranched alkanes of at least 4 members (excludes halogenated alkanes) is 8. The highest BCUT2D eigenvalue weighted by Gasteiger charge is 2.19. The molecule has 0 fully saturated rings. The quantitative estimate of drug-likeness (QED) is 0.254. The summed E-state index contributed by atoms with van der Waals surface area (Å²) in [5.74, 6) is 0.625. The van der Waals surface area contributed by atoms with E-state index in [0.29, 0.717) is 12.5 Å². The summed E-state index contributed by atoms with van der Waals surface area (Å²) in [6, 6.07) is 0. The van der Waals surface area contributed by atoms with Gasteiger partial charge in [0.05, 0.1) is 12.5 Å². The molecule has 0 rings (SSSR count). The van der Waals surface area contributed by atoms with Crippen LogP contribution in [0.5, 0.6) is 0 Å². The van der Waals surface area contributed by atoms with Gasteiger partial charge in [0.1, 0.15) is 0 Å². The average molecular weight is 313 g/mol. The van der Waals surface area contributed by atoms with Gasteiger partial charge < -0.3 is 4.74 Å². The molecule has 0 heterocycles. The zero-order chi connectivity index (χ0) is 16.6. The SMILES string of the molecule is CCCCCCCC(CCCCCCC)C(=O)OCC(C)C. The van der Waals surface area contributed by atoms with Crippen molar-refractivity contribution in [2.75, 3.05) is 6.61 Å². The molecule has 0 saturated heterocycles. The molecule has 0 aliphatic heterocycles. The lowest BCUT2D eigenvalue weighted by Crippen LogP contribution is -2.20. The molecule has 2 nitrogen and oxygen atoms in total. The average Bonchev–Trinajstić information content (AvgIpc) is 2.50. The summed E-state index contributed by atoms with van der Waals surface area (Å²) in [4.78, 5) is 12.3. The fourth-order valence-electron chi connectivity index (χ4n) is 2.74. The number of carbonyl (C=O) groups excluding carboxylic acids is 1. The molecule has 0 aromatic rings. The zero-order valence-electron chi connectivity index (χ0n) is 15.7. The molecule has 0 radical (unpaired) electrons. The Labute approximate surface area is 139 Å².